The fourth-order valence-corrected chi connectivity index (χ4v) is 2.47. The molecule has 1 aromatic heterocycles. The fourth-order valence-electron chi connectivity index (χ4n) is 2.25. The molecule has 0 fully saturated rings. The van der Waals surface area contributed by atoms with Gasteiger partial charge < -0.3 is 10.2 Å². The zero-order valence-electron chi connectivity index (χ0n) is 13.7. The summed E-state index contributed by atoms with van der Waals surface area (Å²) >= 11 is 5.59. The highest BCUT2D eigenvalue weighted by Gasteiger charge is 2.34. The predicted molar refractivity (Wildman–Crippen MR) is 91.1 cm³/mol. The monoisotopic (exact) mass is 385 g/mol. The van der Waals surface area contributed by atoms with Crippen molar-refractivity contribution in [3.05, 3.63) is 58.9 Å². The number of anilines is 1. The number of halogens is 4. The molecule has 5 nitrogen and oxygen atoms in total. The van der Waals surface area contributed by atoms with E-state index in [1.54, 1.807) is 12.1 Å². The number of alkyl halides is 3. The van der Waals surface area contributed by atoms with Gasteiger partial charge in [-0.2, -0.15) is 13.2 Å². The maximum absolute atomic E-state index is 13.0. The molecule has 0 saturated carbocycles. The third-order valence-electron chi connectivity index (χ3n) is 3.49. The lowest BCUT2D eigenvalue weighted by molar-refractivity contribution is -0.137. The highest BCUT2D eigenvalue weighted by Crippen LogP contribution is 2.36. The minimum atomic E-state index is -4.63. The normalized spacial score (nSPS) is 11.1. The molecule has 26 heavy (non-hydrogen) atoms. The SMILES string of the molecule is CC(=O)N(CCNC(=O)c1cccnc1)c1ccc(Cl)c(C(F)(F)F)c1. The van der Waals surface area contributed by atoms with Crippen LogP contribution in [-0.2, 0) is 11.0 Å². The van der Waals surface area contributed by atoms with E-state index in [1.165, 1.54) is 25.4 Å². The molecular weight excluding hydrogens is 371 g/mol. The van der Waals surface area contributed by atoms with Crippen molar-refractivity contribution >= 4 is 29.1 Å². The number of benzene rings is 1. The van der Waals surface area contributed by atoms with Crippen LogP contribution < -0.4 is 10.2 Å². The fraction of sp³-hybridized carbons (Fsp3) is 0.235. The van der Waals surface area contributed by atoms with Gasteiger partial charge in [-0.1, -0.05) is 11.6 Å². The molecule has 0 aliphatic heterocycles. The van der Waals surface area contributed by atoms with Gasteiger partial charge in [0.25, 0.3) is 5.91 Å². The van der Waals surface area contributed by atoms with Gasteiger partial charge in [0.05, 0.1) is 16.1 Å². The Morgan fingerprint density at radius 1 is 1.27 bits per heavy atom. The Hall–Kier alpha value is -2.61. The largest absolute Gasteiger partial charge is 0.417 e. The van der Waals surface area contributed by atoms with Gasteiger partial charge in [-0.15, -0.1) is 0 Å². The molecule has 0 saturated heterocycles. The first-order valence-electron chi connectivity index (χ1n) is 7.53. The minimum absolute atomic E-state index is 0.000263. The summed E-state index contributed by atoms with van der Waals surface area (Å²) in [6.07, 6.45) is -1.73. The number of aromatic nitrogens is 1. The van der Waals surface area contributed by atoms with Gasteiger partial charge in [-0.05, 0) is 30.3 Å². The van der Waals surface area contributed by atoms with Gasteiger partial charge in [0.2, 0.25) is 5.91 Å². The highest BCUT2D eigenvalue weighted by atomic mass is 35.5. The third kappa shape index (κ3) is 4.95. The van der Waals surface area contributed by atoms with Crippen LogP contribution >= 0.6 is 11.6 Å². The Balaban J connectivity index is 2.10. The van der Waals surface area contributed by atoms with E-state index in [9.17, 15) is 22.8 Å². The molecule has 1 heterocycles. The van der Waals surface area contributed by atoms with Crippen LogP contribution in [0, 0.1) is 0 Å². The van der Waals surface area contributed by atoms with E-state index in [-0.39, 0.29) is 18.8 Å². The van der Waals surface area contributed by atoms with E-state index in [0.717, 1.165) is 17.0 Å². The lowest BCUT2D eigenvalue weighted by atomic mass is 10.1. The molecule has 9 heteroatoms. The summed E-state index contributed by atoms with van der Waals surface area (Å²) < 4.78 is 39.0. The van der Waals surface area contributed by atoms with E-state index in [4.69, 9.17) is 11.6 Å². The summed E-state index contributed by atoms with van der Waals surface area (Å²) in [4.78, 5) is 28.7. The van der Waals surface area contributed by atoms with Crippen LogP contribution in [0.15, 0.2) is 42.7 Å². The van der Waals surface area contributed by atoms with Crippen molar-refractivity contribution in [2.45, 2.75) is 13.1 Å². The van der Waals surface area contributed by atoms with Gasteiger partial charge in [-0.3, -0.25) is 14.6 Å². The second-order valence-electron chi connectivity index (χ2n) is 5.33. The van der Waals surface area contributed by atoms with Gasteiger partial charge in [-0.25, -0.2) is 0 Å². The van der Waals surface area contributed by atoms with E-state index in [1.807, 2.05) is 0 Å². The Morgan fingerprint density at radius 3 is 2.58 bits per heavy atom. The average Bonchev–Trinajstić information content (AvgIpc) is 2.59. The van der Waals surface area contributed by atoms with Crippen molar-refractivity contribution in [2.24, 2.45) is 0 Å². The predicted octanol–water partition coefficient (Wildman–Crippen LogP) is 3.54. The summed E-state index contributed by atoms with van der Waals surface area (Å²) in [5.74, 6) is -0.857. The molecule has 0 radical (unpaired) electrons. The van der Waals surface area contributed by atoms with E-state index in [2.05, 4.69) is 10.3 Å². The number of nitrogens with one attached hydrogen (secondary N) is 1. The van der Waals surface area contributed by atoms with Crippen LogP contribution in [0.1, 0.15) is 22.8 Å². The molecule has 138 valence electrons. The lowest BCUT2D eigenvalue weighted by Crippen LogP contribution is -2.37. The second-order valence-corrected chi connectivity index (χ2v) is 5.74. The van der Waals surface area contributed by atoms with Gasteiger partial charge in [0.15, 0.2) is 0 Å². The van der Waals surface area contributed by atoms with Crippen LogP contribution in [0.2, 0.25) is 5.02 Å². The number of amides is 2. The molecule has 2 aromatic rings. The van der Waals surface area contributed by atoms with Crippen LogP contribution in [0.25, 0.3) is 0 Å². The molecule has 1 aromatic carbocycles. The number of nitrogens with zero attached hydrogens (tertiary/aromatic N) is 2. The highest BCUT2D eigenvalue weighted by molar-refractivity contribution is 6.31. The molecule has 2 rings (SSSR count). The standard InChI is InChI=1S/C17H15ClF3N3O2/c1-11(25)24(8-7-23-16(26)12-3-2-6-22-10-12)13-4-5-15(18)14(9-13)17(19,20)21/h2-6,9-10H,7-8H2,1H3,(H,23,26). The quantitative estimate of drug-likeness (QED) is 0.856. The first kappa shape index (κ1) is 19.7. The number of hydrogen-bond acceptors (Lipinski definition) is 3. The van der Waals surface area contributed by atoms with E-state index in [0.29, 0.717) is 5.56 Å². The average molecular weight is 386 g/mol. The first-order chi connectivity index (χ1) is 12.2. The molecule has 0 aliphatic carbocycles. The number of rotatable bonds is 5. The zero-order valence-corrected chi connectivity index (χ0v) is 14.4. The van der Waals surface area contributed by atoms with E-state index < -0.39 is 28.6 Å². The first-order valence-corrected chi connectivity index (χ1v) is 7.91. The maximum atomic E-state index is 13.0. The molecule has 0 atom stereocenters. The third-order valence-corrected chi connectivity index (χ3v) is 3.82. The molecule has 1 N–H and O–H groups in total. The van der Waals surface area contributed by atoms with Crippen molar-refractivity contribution in [1.82, 2.24) is 10.3 Å². The zero-order chi connectivity index (χ0) is 19.3. The number of pyridine rings is 1. The second kappa shape index (κ2) is 8.18. The summed E-state index contributed by atoms with van der Waals surface area (Å²) in [5.41, 5.74) is -0.639. The Bertz CT molecular complexity index is 798. The van der Waals surface area contributed by atoms with Gasteiger partial charge >= 0.3 is 6.18 Å². The smallest absolute Gasteiger partial charge is 0.350 e. The van der Waals surface area contributed by atoms with Crippen LogP contribution in [0.4, 0.5) is 18.9 Å². The Morgan fingerprint density at radius 2 is 2.00 bits per heavy atom. The Kier molecular flexibility index (Phi) is 6.20. The van der Waals surface area contributed by atoms with Crippen LogP contribution in [0.5, 0.6) is 0 Å². The molecular formula is C17H15ClF3N3O2. The van der Waals surface area contributed by atoms with Gasteiger partial charge in [0.1, 0.15) is 0 Å². The summed E-state index contributed by atoms with van der Waals surface area (Å²) in [6.45, 7) is 1.28. The van der Waals surface area contributed by atoms with Crippen LogP contribution in [-0.4, -0.2) is 29.9 Å². The summed E-state index contributed by atoms with van der Waals surface area (Å²) in [5, 5.41) is 2.14. The molecule has 0 aliphatic rings. The van der Waals surface area contributed by atoms with Crippen molar-refractivity contribution in [3.63, 3.8) is 0 Å². The lowest BCUT2D eigenvalue weighted by Gasteiger charge is -2.23. The number of hydrogen-bond donors (Lipinski definition) is 1. The molecule has 0 unspecified atom stereocenters. The summed E-state index contributed by atoms with van der Waals surface area (Å²) in [6, 6.07) is 6.39. The molecule has 0 bridgehead atoms. The van der Waals surface area contributed by atoms with Crippen molar-refractivity contribution in [3.8, 4) is 0 Å². The number of carbonyl (C=O) groups excluding carboxylic acids is 2. The van der Waals surface area contributed by atoms with E-state index >= 15 is 0 Å². The molecule has 0 spiro atoms. The van der Waals surface area contributed by atoms with Gasteiger partial charge in [0, 0.05) is 38.1 Å². The molecule has 2 amide bonds. The van der Waals surface area contributed by atoms with Crippen molar-refractivity contribution in [2.75, 3.05) is 18.0 Å². The van der Waals surface area contributed by atoms with Crippen molar-refractivity contribution < 1.29 is 22.8 Å². The topological polar surface area (TPSA) is 62.3 Å². The number of carbonyl (C=O) groups is 2. The summed E-state index contributed by atoms with van der Waals surface area (Å²) in [7, 11) is 0. The Labute approximate surface area is 152 Å². The maximum Gasteiger partial charge on any atom is 0.417 e. The minimum Gasteiger partial charge on any atom is -0.350 e. The van der Waals surface area contributed by atoms with Crippen LogP contribution in [0.3, 0.4) is 0 Å². The van der Waals surface area contributed by atoms with Crippen molar-refractivity contribution in [1.29, 1.82) is 0 Å².